The van der Waals surface area contributed by atoms with E-state index in [1.54, 1.807) is 13.0 Å². The van der Waals surface area contributed by atoms with Gasteiger partial charge in [-0.25, -0.2) is 4.79 Å². The van der Waals surface area contributed by atoms with Crippen LogP contribution in [0.15, 0.2) is 11.6 Å². The van der Waals surface area contributed by atoms with Crippen LogP contribution in [0.1, 0.15) is 79.1 Å². The molecule has 4 saturated carbocycles. The molecular weight excluding hydrogens is 544 g/mol. The van der Waals surface area contributed by atoms with Crippen LogP contribution in [-0.4, -0.2) is 89.5 Å². The molecule has 6 rings (SSSR count). The Labute approximate surface area is 248 Å². The highest BCUT2D eigenvalue weighted by Crippen LogP contribution is 2.70. The molecule has 14 atom stereocenters. The predicted octanol–water partition coefficient (Wildman–Crippen LogP) is 2.65. The van der Waals surface area contributed by atoms with E-state index in [1.807, 2.05) is 0 Å². The van der Waals surface area contributed by atoms with E-state index in [2.05, 4.69) is 13.8 Å². The van der Waals surface area contributed by atoms with Gasteiger partial charge in [0.25, 0.3) is 0 Å². The molecule has 6 aliphatic rings. The molecule has 2 aliphatic heterocycles. The zero-order valence-electron chi connectivity index (χ0n) is 25.5. The number of carbonyl (C=O) groups is 2. The van der Waals surface area contributed by atoms with Gasteiger partial charge in [-0.05, 0) is 81.1 Å². The van der Waals surface area contributed by atoms with Gasteiger partial charge in [0, 0.05) is 37.4 Å². The summed E-state index contributed by atoms with van der Waals surface area (Å²) in [5, 5.41) is 33.8. The van der Waals surface area contributed by atoms with Crippen molar-refractivity contribution in [1.29, 1.82) is 0 Å². The van der Waals surface area contributed by atoms with Crippen LogP contribution >= 0.6 is 0 Å². The topological polar surface area (TPSA) is 141 Å². The number of fused-ring (bicyclic) bond motifs is 5. The molecule has 1 saturated heterocycles. The van der Waals surface area contributed by atoms with Gasteiger partial charge in [0.05, 0.1) is 17.8 Å². The van der Waals surface area contributed by atoms with Crippen molar-refractivity contribution in [2.45, 2.75) is 128 Å². The van der Waals surface area contributed by atoms with E-state index in [4.69, 9.17) is 23.7 Å². The normalized spacial score (nSPS) is 52.0. The zero-order chi connectivity index (χ0) is 30.2. The van der Waals surface area contributed by atoms with Gasteiger partial charge in [0.15, 0.2) is 6.29 Å². The lowest BCUT2D eigenvalue weighted by Gasteiger charge is -2.65. The molecule has 10 nitrogen and oxygen atoms in total. The molecular formula is C32H48O10. The summed E-state index contributed by atoms with van der Waals surface area (Å²) in [5.74, 6) is -0.0945. The van der Waals surface area contributed by atoms with Crippen LogP contribution in [0, 0.1) is 34.5 Å². The number of carbonyl (C=O) groups excluding carboxylic acids is 2. The number of aliphatic hydroxyl groups is 3. The van der Waals surface area contributed by atoms with E-state index >= 15 is 0 Å². The number of ether oxygens (including phenoxy) is 5. The molecule has 236 valence electrons. The first-order chi connectivity index (χ1) is 19.8. The quantitative estimate of drug-likeness (QED) is 0.322. The maximum absolute atomic E-state index is 12.6. The van der Waals surface area contributed by atoms with Crippen molar-refractivity contribution in [3.05, 3.63) is 11.6 Å². The molecule has 0 spiro atoms. The Hall–Kier alpha value is -1.56. The molecule has 4 aliphatic carbocycles. The van der Waals surface area contributed by atoms with Crippen LogP contribution in [0.3, 0.4) is 0 Å². The zero-order valence-corrected chi connectivity index (χ0v) is 25.5. The van der Waals surface area contributed by atoms with Crippen molar-refractivity contribution in [2.24, 2.45) is 34.5 Å². The molecule has 3 N–H and O–H groups in total. The maximum atomic E-state index is 12.6. The minimum Gasteiger partial charge on any atom is -0.462 e. The minimum absolute atomic E-state index is 0.0601. The van der Waals surface area contributed by atoms with Gasteiger partial charge in [0.2, 0.25) is 0 Å². The number of rotatable bonds is 5. The van der Waals surface area contributed by atoms with E-state index in [0.29, 0.717) is 19.4 Å². The van der Waals surface area contributed by atoms with Crippen LogP contribution in [0.2, 0.25) is 0 Å². The SMILES string of the molecule is CO[C@H]1[C@@H](O)[C@H](O[C@@H]2C[C@@H]3CC[C@H]4[C@@H](CC[C@]5(C)[C@@H](C6=CC(=O)OC6)CC[C@]45O)[C@]3(C)[C@@H](OC(C)=O)C2)O[C@@H](C)[C@H]1O. The third-order valence-corrected chi connectivity index (χ3v) is 12.7. The Bertz CT molecular complexity index is 1110. The van der Waals surface area contributed by atoms with Crippen molar-refractivity contribution in [3.8, 4) is 0 Å². The largest absolute Gasteiger partial charge is 0.462 e. The Morgan fingerprint density at radius 1 is 1.05 bits per heavy atom. The predicted molar refractivity (Wildman–Crippen MR) is 149 cm³/mol. The third-order valence-electron chi connectivity index (χ3n) is 12.7. The number of hydrogen-bond acceptors (Lipinski definition) is 10. The first-order valence-corrected chi connectivity index (χ1v) is 15.8. The lowest BCUT2D eigenvalue weighted by atomic mass is 9.42. The summed E-state index contributed by atoms with van der Waals surface area (Å²) in [6.07, 6.45) is 2.58. The Morgan fingerprint density at radius 3 is 2.48 bits per heavy atom. The highest BCUT2D eigenvalue weighted by Gasteiger charge is 2.69. The summed E-state index contributed by atoms with van der Waals surface area (Å²) in [6.45, 7) is 7.93. The van der Waals surface area contributed by atoms with Crippen molar-refractivity contribution in [2.75, 3.05) is 13.7 Å². The minimum atomic E-state index is -1.16. The van der Waals surface area contributed by atoms with Crippen LogP contribution in [0.25, 0.3) is 0 Å². The lowest BCUT2D eigenvalue weighted by molar-refractivity contribution is -0.318. The van der Waals surface area contributed by atoms with Gasteiger partial charge in [-0.3, -0.25) is 4.79 Å². The average Bonchev–Trinajstić information content (AvgIpc) is 3.47. The Morgan fingerprint density at radius 2 is 1.81 bits per heavy atom. The fraction of sp³-hybridized carbons (Fsp3) is 0.875. The van der Waals surface area contributed by atoms with Gasteiger partial charge >= 0.3 is 11.9 Å². The summed E-state index contributed by atoms with van der Waals surface area (Å²) in [5.41, 5.74) is -0.555. The maximum Gasteiger partial charge on any atom is 0.331 e. The first kappa shape index (κ1) is 30.5. The van der Waals surface area contributed by atoms with E-state index in [9.17, 15) is 24.9 Å². The molecule has 2 heterocycles. The van der Waals surface area contributed by atoms with E-state index < -0.39 is 42.4 Å². The van der Waals surface area contributed by atoms with Gasteiger partial charge in [-0.15, -0.1) is 0 Å². The highest BCUT2D eigenvalue weighted by molar-refractivity contribution is 5.85. The second-order valence-electron chi connectivity index (χ2n) is 14.4. The molecule has 0 aromatic rings. The third kappa shape index (κ3) is 4.50. The molecule has 0 bridgehead atoms. The van der Waals surface area contributed by atoms with E-state index in [0.717, 1.165) is 44.1 Å². The second-order valence-corrected chi connectivity index (χ2v) is 14.4. The number of methoxy groups -OCH3 is 1. The Balaban J connectivity index is 1.24. The molecule has 0 aromatic carbocycles. The van der Waals surface area contributed by atoms with Gasteiger partial charge < -0.3 is 39.0 Å². The van der Waals surface area contributed by atoms with Gasteiger partial charge in [-0.1, -0.05) is 13.8 Å². The molecule has 10 heteroatoms. The summed E-state index contributed by atoms with van der Waals surface area (Å²) in [7, 11) is 1.45. The molecule has 5 fully saturated rings. The van der Waals surface area contributed by atoms with Crippen molar-refractivity contribution in [3.63, 3.8) is 0 Å². The Kier molecular flexibility index (Phi) is 7.84. The van der Waals surface area contributed by atoms with Crippen LogP contribution in [0.4, 0.5) is 0 Å². The fourth-order valence-electron chi connectivity index (χ4n) is 10.5. The summed E-state index contributed by atoms with van der Waals surface area (Å²) < 4.78 is 28.9. The summed E-state index contributed by atoms with van der Waals surface area (Å²) >= 11 is 0. The smallest absolute Gasteiger partial charge is 0.331 e. The fourth-order valence-corrected chi connectivity index (χ4v) is 10.5. The summed E-state index contributed by atoms with van der Waals surface area (Å²) in [6, 6.07) is 0. The monoisotopic (exact) mass is 592 g/mol. The molecule has 0 radical (unpaired) electrons. The van der Waals surface area contributed by atoms with Crippen molar-refractivity contribution in [1.82, 2.24) is 0 Å². The number of esters is 2. The van der Waals surface area contributed by atoms with Crippen LogP contribution in [0.5, 0.6) is 0 Å². The van der Waals surface area contributed by atoms with Gasteiger partial charge in [0.1, 0.15) is 31.0 Å². The number of hydrogen-bond donors (Lipinski definition) is 3. The van der Waals surface area contributed by atoms with Crippen molar-refractivity contribution < 1.29 is 48.6 Å². The number of aliphatic hydroxyl groups excluding tert-OH is 2. The van der Waals surface area contributed by atoms with Crippen molar-refractivity contribution >= 4 is 11.9 Å². The first-order valence-electron chi connectivity index (χ1n) is 15.8. The lowest BCUT2D eigenvalue weighted by Crippen LogP contribution is -2.66. The summed E-state index contributed by atoms with van der Waals surface area (Å²) in [4.78, 5) is 24.3. The van der Waals surface area contributed by atoms with Crippen LogP contribution < -0.4 is 0 Å². The highest BCUT2D eigenvalue weighted by atomic mass is 16.7. The van der Waals surface area contributed by atoms with Crippen LogP contribution in [-0.2, 0) is 33.3 Å². The molecule has 0 unspecified atom stereocenters. The molecule has 0 aromatic heterocycles. The van der Waals surface area contributed by atoms with Gasteiger partial charge in [-0.2, -0.15) is 0 Å². The standard InChI is InChI=1S/C32H48O10/c1-16-26(35)28(38-5)27(36)29(40-16)42-20-13-19-6-7-23-22(31(19,4)24(14-20)41-17(2)33)8-10-30(3)21(9-11-32(23,30)37)18-12-25(34)39-15-18/h12,16,19-24,26-29,35-37H,6-11,13-15H2,1-5H3/t16-,19-,20+,21+,22+,23-,24-,26+,27+,28+,29-,30+,31+,32-/m0/s1. The second kappa shape index (κ2) is 10.8. The molecule has 42 heavy (non-hydrogen) atoms. The average molecular weight is 593 g/mol. The number of cyclic esters (lactones) is 1. The van der Waals surface area contributed by atoms with E-state index in [1.165, 1.54) is 14.0 Å². The molecule has 0 amide bonds. The van der Waals surface area contributed by atoms with E-state index in [-0.39, 0.29) is 52.5 Å².